The summed E-state index contributed by atoms with van der Waals surface area (Å²) in [7, 11) is 0. The first-order valence-electron chi connectivity index (χ1n) is 51.3. The molecule has 0 saturated carbocycles. The maximum absolute atomic E-state index is 6.57. The fourth-order valence-electron chi connectivity index (χ4n) is 22.4. The third-order valence-corrected chi connectivity index (χ3v) is 32.8. The van der Waals surface area contributed by atoms with Crippen molar-refractivity contribution in [2.24, 2.45) is 0 Å². The molecule has 14 nitrogen and oxygen atoms in total. The lowest BCUT2D eigenvalue weighted by atomic mass is 9.90. The van der Waals surface area contributed by atoms with E-state index in [1.165, 1.54) is 125 Å². The Morgan fingerprint density at radius 2 is 0.610 bits per heavy atom. The Hall–Kier alpha value is -14.8. The molecule has 5 aliphatic rings. The Kier molecular flexibility index (Phi) is 21.8. The van der Waals surface area contributed by atoms with Gasteiger partial charge in [-0.1, -0.05) is 261 Å². The average molecular weight is 1920 g/mol. The van der Waals surface area contributed by atoms with E-state index in [9.17, 15) is 0 Å². The van der Waals surface area contributed by atoms with E-state index in [0.717, 1.165) is 102 Å². The topological polar surface area (TPSA) is 112 Å². The number of nitrogens with zero attached hydrogens (tertiary/aromatic N) is 5. The minimum atomic E-state index is -0.498. The van der Waals surface area contributed by atoms with Gasteiger partial charge in [0.1, 0.15) is 11.2 Å². The van der Waals surface area contributed by atoms with Crippen LogP contribution in [0.3, 0.4) is 0 Å². The molecule has 1 aliphatic carbocycles. The molecule has 0 amide bonds. The van der Waals surface area contributed by atoms with Crippen LogP contribution in [0.25, 0.3) is 192 Å². The van der Waals surface area contributed by atoms with Crippen molar-refractivity contribution in [1.82, 2.24) is 22.8 Å². The van der Waals surface area contributed by atoms with E-state index in [1.807, 2.05) is 12.1 Å². The predicted octanol–water partition coefficient (Wildman–Crippen LogP) is 34.4. The summed E-state index contributed by atoms with van der Waals surface area (Å²) in [5, 5.41) is 19.7. The minimum Gasteiger partial charge on any atom is -0.455 e. The zero-order chi connectivity index (χ0) is 100. The molecule has 6 aromatic heterocycles. The molecule has 17 aromatic carbocycles. The van der Waals surface area contributed by atoms with Crippen LogP contribution in [0.1, 0.15) is 159 Å². The Labute approximate surface area is 849 Å². The molecule has 4 aliphatic heterocycles. The number of hydrogen-bond donors (Lipinski definition) is 0. The van der Waals surface area contributed by atoms with E-state index in [2.05, 4.69) is 504 Å². The first kappa shape index (κ1) is 92.4. The van der Waals surface area contributed by atoms with Crippen molar-refractivity contribution in [2.45, 2.75) is 194 Å². The van der Waals surface area contributed by atoms with Gasteiger partial charge in [0, 0.05) is 126 Å². The summed E-state index contributed by atoms with van der Waals surface area (Å²) in [6.07, 6.45) is 4.87. The monoisotopic (exact) mass is 1920 g/mol. The molecular weight excluding hydrogens is 1800 g/mol. The van der Waals surface area contributed by atoms with Crippen LogP contribution in [0, 0.1) is 0 Å². The Morgan fingerprint density at radius 1 is 0.233 bits per heavy atom. The smallest absolute Gasteiger partial charge is 0.185 e. The Morgan fingerprint density at radius 3 is 1.13 bits per heavy atom. The number of furan rings is 1. The quantitative estimate of drug-likeness (QED) is 0.132. The summed E-state index contributed by atoms with van der Waals surface area (Å²) in [6, 6.07) is 132. The van der Waals surface area contributed by atoms with Crippen molar-refractivity contribution in [3.8, 4) is 33.9 Å². The average Bonchev–Trinajstić information content (AvgIpc) is 1.55. The van der Waals surface area contributed by atoms with Gasteiger partial charge in [-0.15, -0.1) is 0 Å². The molecule has 4 saturated heterocycles. The number of allylic oxidation sites excluding steroid dienone is 2. The molecule has 0 bridgehead atoms. The highest BCUT2D eigenvalue weighted by molar-refractivity contribution is 6.22. The van der Waals surface area contributed by atoms with Crippen LogP contribution < -0.4 is 0 Å². The second-order valence-electron chi connectivity index (χ2n) is 43.9. The fraction of sp³-hybridized carbons (Fsp3) is 0.227. The summed E-state index contributed by atoms with van der Waals surface area (Å²) in [4.78, 5) is 0. The minimum absolute atomic E-state index is 0.333. The molecule has 4 fully saturated rings. The van der Waals surface area contributed by atoms with Gasteiger partial charge in [0.2, 0.25) is 0 Å². The molecule has 28 rings (SSSR count). The van der Waals surface area contributed by atoms with Gasteiger partial charge < -0.3 is 65.1 Å². The number of ether oxygens (including phenoxy) is 8. The van der Waals surface area contributed by atoms with E-state index < -0.39 is 41.3 Å². The van der Waals surface area contributed by atoms with Crippen molar-refractivity contribution >= 4 is 158 Å². The number of fused-ring (bicyclic) bond motifs is 21. The van der Waals surface area contributed by atoms with E-state index in [0.29, 0.717) is 0 Å². The van der Waals surface area contributed by atoms with Crippen molar-refractivity contribution in [2.75, 3.05) is 0 Å². The van der Waals surface area contributed by atoms with Crippen LogP contribution in [0.2, 0.25) is 0 Å². The van der Waals surface area contributed by atoms with E-state index >= 15 is 0 Å². The fourth-order valence-corrected chi connectivity index (χ4v) is 22.4. The van der Waals surface area contributed by atoms with Crippen LogP contribution in [0.5, 0.6) is 0 Å². The Bertz CT molecular complexity index is 9110. The highest BCUT2D eigenvalue weighted by Crippen LogP contribution is 2.53. The normalized spacial score (nSPS) is 18.0. The van der Waals surface area contributed by atoms with Crippen molar-refractivity contribution < 1.29 is 42.3 Å². The third-order valence-electron chi connectivity index (χ3n) is 32.8. The first-order valence-corrected chi connectivity index (χ1v) is 51.3. The SMILES string of the molecule is CC1(C)OC(C2=CCCC(n3c4ccccc4c4ccc5ccccc5c43)=C2)OC1(C)C.CC1(C)OC(c2cc(-c3cccc4c3oc3ccccc34)cc(-n3c4ccccc4c4ccccc43)c2)OC1(C)C.CC1(C)OC(c2cc(-n3c4ccccc4c4ccccc43)c3ccccc3c2)OC1(C)C.CC1(C)OC(c2cccc(-n3c4ccccc4c4cc5c6ccccc6n(-c6ccccc6)c5cc43)c2)OC1(C)C. The third kappa shape index (κ3) is 15.2. The molecule has 0 unspecified atom stereocenters. The van der Waals surface area contributed by atoms with E-state index in [-0.39, 0.29) is 28.7 Å². The van der Waals surface area contributed by atoms with Gasteiger partial charge in [-0.25, -0.2) is 0 Å². The molecule has 0 radical (unpaired) electrons. The van der Waals surface area contributed by atoms with Gasteiger partial charge in [-0.2, -0.15) is 0 Å². The van der Waals surface area contributed by atoms with Crippen LogP contribution in [0.15, 0.2) is 392 Å². The number of aromatic nitrogens is 5. The van der Waals surface area contributed by atoms with Gasteiger partial charge in [-0.3, -0.25) is 0 Å². The zero-order valence-electron chi connectivity index (χ0n) is 85.5. The van der Waals surface area contributed by atoms with Crippen molar-refractivity contribution in [1.29, 1.82) is 0 Å². The first-order chi connectivity index (χ1) is 70.3. The van der Waals surface area contributed by atoms with Gasteiger partial charge in [0.25, 0.3) is 0 Å². The molecule has 10 heterocycles. The summed E-state index contributed by atoms with van der Waals surface area (Å²) < 4.78 is 70.0. The van der Waals surface area contributed by atoms with Crippen LogP contribution in [0.4, 0.5) is 0 Å². The molecule has 146 heavy (non-hydrogen) atoms. The summed E-state index contributed by atoms with van der Waals surface area (Å²) in [5.41, 5.74) is 22.6. The lowest BCUT2D eigenvalue weighted by Gasteiger charge is -2.30. The lowest BCUT2D eigenvalue weighted by Crippen LogP contribution is -2.41. The molecular formula is C132H119N5O9. The molecule has 0 atom stereocenters. The standard InChI is InChI=1S/C37H32N2O2.C37H31NO3.C29H27NO2.C29H29NO2/c1-36(2)37(3,4)41-35(40-36)24-13-12-16-26(21-24)39-32-20-11-9-18-28(32)30-22-29-27-17-8-10-19-31(27)38(33(29)23-34(30)39)25-14-6-5-7-15-25;1-36(2)37(3,4)41-35(40-36)24-20-23(26-15-11-16-30-29-14-7-10-19-33(29)39-34(26)30)21-25(22-24)38-31-17-8-5-12-27(31)28-13-6-9-18-32(28)38;1-28(2)29(3,4)32-27(31-28)20-17-19-11-5-6-12-21(19)26(18-20)30-24-15-9-7-13-22(24)23-14-8-10-16-25(23)30;1-28(2)29(3,4)32-27(31-28)20-11-9-12-21(18-20)30-25-15-8-7-14-23(25)24-17-16-19-10-5-6-13-22(19)26(24)30/h5-23,35H,1-4H3;5-22,35H,1-4H3;5-18,27H,1-4H3;5-8,10-11,13-18,27H,9,12H2,1-4H3. The van der Waals surface area contributed by atoms with E-state index in [1.54, 1.807) is 0 Å². The number of hydrogen-bond acceptors (Lipinski definition) is 9. The van der Waals surface area contributed by atoms with Crippen molar-refractivity contribution in [3.05, 3.63) is 404 Å². The summed E-state index contributed by atoms with van der Waals surface area (Å²) >= 11 is 0. The zero-order valence-corrected chi connectivity index (χ0v) is 85.5. The van der Waals surface area contributed by atoms with Gasteiger partial charge in [0.05, 0.1) is 106 Å². The highest BCUT2D eigenvalue weighted by atomic mass is 16.8. The number of para-hydroxylation sites is 10. The largest absolute Gasteiger partial charge is 0.455 e. The second-order valence-corrected chi connectivity index (χ2v) is 43.9. The molecule has 0 N–H and O–H groups in total. The molecule has 14 heteroatoms. The number of rotatable bonds is 10. The van der Waals surface area contributed by atoms with Gasteiger partial charge >= 0.3 is 0 Å². The lowest BCUT2D eigenvalue weighted by molar-refractivity contribution is -0.0899. The summed E-state index contributed by atoms with van der Waals surface area (Å²) in [6.45, 7) is 33.6. The van der Waals surface area contributed by atoms with Gasteiger partial charge in [-0.05, 0) is 261 Å². The number of benzene rings is 17. The maximum atomic E-state index is 6.57. The van der Waals surface area contributed by atoms with Crippen LogP contribution >= 0.6 is 0 Å². The van der Waals surface area contributed by atoms with Gasteiger partial charge in [0.15, 0.2) is 25.2 Å². The second kappa shape index (κ2) is 34.5. The predicted molar refractivity (Wildman–Crippen MR) is 599 cm³/mol. The summed E-state index contributed by atoms with van der Waals surface area (Å²) in [5.74, 6) is 0. The van der Waals surface area contributed by atoms with E-state index in [4.69, 9.17) is 42.3 Å². The maximum Gasteiger partial charge on any atom is 0.185 e. The van der Waals surface area contributed by atoms with Crippen LogP contribution in [-0.4, -0.2) is 73.9 Å². The molecule has 23 aromatic rings. The molecule has 0 spiro atoms. The highest BCUT2D eigenvalue weighted by Gasteiger charge is 2.54. The Balaban J connectivity index is 0.000000102. The van der Waals surface area contributed by atoms with Crippen molar-refractivity contribution in [3.63, 3.8) is 0 Å². The van der Waals surface area contributed by atoms with Crippen LogP contribution in [-0.2, 0) is 37.9 Å². The molecule has 726 valence electrons.